The Hall–Kier alpha value is -2.88. The smallest absolute Gasteiger partial charge is 0.267 e. The Labute approximate surface area is 185 Å². The van der Waals surface area contributed by atoms with E-state index >= 15 is 0 Å². The van der Waals surface area contributed by atoms with Gasteiger partial charge in [0.1, 0.15) is 9.77 Å². The highest BCUT2D eigenvalue weighted by molar-refractivity contribution is 7.89. The maximum atomic E-state index is 13.3. The van der Waals surface area contributed by atoms with Gasteiger partial charge in [-0.25, -0.2) is 8.42 Å². The average molecular weight is 459 g/mol. The summed E-state index contributed by atoms with van der Waals surface area (Å²) in [7, 11) is -0.785. The largest absolute Gasteiger partial charge is 0.493 e. The van der Waals surface area contributed by atoms with Gasteiger partial charge in [-0.3, -0.25) is 4.79 Å². The summed E-state index contributed by atoms with van der Waals surface area (Å²) in [6.07, 6.45) is 0.646. The fourth-order valence-corrected chi connectivity index (χ4v) is 6.30. The Kier molecular flexibility index (Phi) is 5.99. The van der Waals surface area contributed by atoms with E-state index < -0.39 is 15.9 Å². The fraction of sp³-hybridized carbons (Fsp3) is 0.227. The van der Waals surface area contributed by atoms with E-state index in [0.717, 1.165) is 22.5 Å². The topological polar surface area (TPSA) is 84.9 Å². The number of carbonyl (C=O) groups is 1. The van der Waals surface area contributed by atoms with Gasteiger partial charge in [-0.1, -0.05) is 24.3 Å². The van der Waals surface area contributed by atoms with Crippen LogP contribution in [0.4, 0.5) is 5.69 Å². The molecule has 162 valence electrons. The molecule has 0 unspecified atom stereocenters. The molecular formula is C22H22N2O5S2. The van der Waals surface area contributed by atoms with Crippen LogP contribution in [0.25, 0.3) is 0 Å². The summed E-state index contributed by atoms with van der Waals surface area (Å²) in [4.78, 5) is 13.1. The van der Waals surface area contributed by atoms with Crippen molar-refractivity contribution in [2.75, 3.05) is 26.1 Å². The van der Waals surface area contributed by atoms with Crippen molar-refractivity contribution in [1.29, 1.82) is 0 Å². The van der Waals surface area contributed by atoms with Crippen LogP contribution in [0.1, 0.15) is 20.8 Å². The van der Waals surface area contributed by atoms with E-state index in [9.17, 15) is 13.2 Å². The fourth-order valence-electron chi connectivity index (χ4n) is 3.58. The van der Waals surface area contributed by atoms with Crippen LogP contribution in [-0.2, 0) is 23.0 Å². The highest BCUT2D eigenvalue weighted by Crippen LogP contribution is 2.32. The number of anilines is 1. The monoisotopic (exact) mass is 458 g/mol. The van der Waals surface area contributed by atoms with Crippen molar-refractivity contribution in [2.24, 2.45) is 0 Å². The molecule has 0 spiro atoms. The van der Waals surface area contributed by atoms with Crippen LogP contribution in [0, 0.1) is 0 Å². The van der Waals surface area contributed by atoms with Crippen molar-refractivity contribution in [3.63, 3.8) is 0 Å². The van der Waals surface area contributed by atoms with Gasteiger partial charge < -0.3 is 14.8 Å². The van der Waals surface area contributed by atoms with Crippen LogP contribution in [0.15, 0.2) is 58.8 Å². The summed E-state index contributed by atoms with van der Waals surface area (Å²) >= 11 is 1.10. The van der Waals surface area contributed by atoms with Gasteiger partial charge in [0, 0.05) is 24.8 Å². The number of fused-ring (bicyclic) bond motifs is 1. The van der Waals surface area contributed by atoms with E-state index in [1.807, 2.05) is 24.3 Å². The van der Waals surface area contributed by atoms with Gasteiger partial charge in [-0.2, -0.15) is 4.31 Å². The molecule has 0 saturated carbocycles. The Balaban J connectivity index is 1.58. The first-order valence-corrected chi connectivity index (χ1v) is 11.9. The number of sulfonamides is 1. The van der Waals surface area contributed by atoms with Crippen LogP contribution in [-0.4, -0.2) is 39.4 Å². The summed E-state index contributed by atoms with van der Waals surface area (Å²) in [6.45, 7) is 0.678. The Morgan fingerprint density at radius 2 is 1.77 bits per heavy atom. The van der Waals surface area contributed by atoms with Gasteiger partial charge in [0.25, 0.3) is 5.91 Å². The number of carbonyl (C=O) groups excluding carboxylic acids is 1. The van der Waals surface area contributed by atoms with E-state index in [0.29, 0.717) is 36.7 Å². The third-order valence-electron chi connectivity index (χ3n) is 5.19. The molecule has 1 amide bonds. The zero-order valence-electron chi connectivity index (χ0n) is 17.1. The Morgan fingerprint density at radius 1 is 1.03 bits per heavy atom. The normalized spacial score (nSPS) is 14.0. The molecule has 0 radical (unpaired) electrons. The maximum Gasteiger partial charge on any atom is 0.267 e. The van der Waals surface area contributed by atoms with Crippen LogP contribution < -0.4 is 14.8 Å². The van der Waals surface area contributed by atoms with Gasteiger partial charge in [0.05, 0.1) is 14.2 Å². The quantitative estimate of drug-likeness (QED) is 0.608. The number of nitrogens with one attached hydrogen (secondary N) is 1. The Morgan fingerprint density at radius 3 is 2.52 bits per heavy atom. The number of benzene rings is 2. The molecule has 31 heavy (non-hydrogen) atoms. The van der Waals surface area contributed by atoms with Gasteiger partial charge >= 0.3 is 0 Å². The number of rotatable bonds is 6. The first-order valence-electron chi connectivity index (χ1n) is 9.62. The van der Waals surface area contributed by atoms with Crippen LogP contribution in [0.3, 0.4) is 0 Å². The lowest BCUT2D eigenvalue weighted by Crippen LogP contribution is -2.36. The molecule has 0 atom stereocenters. The molecule has 4 rings (SSSR count). The van der Waals surface area contributed by atoms with E-state index in [1.54, 1.807) is 23.6 Å². The number of hydrogen-bond acceptors (Lipinski definition) is 6. The second kappa shape index (κ2) is 8.70. The molecule has 0 bridgehead atoms. The third kappa shape index (κ3) is 4.16. The number of nitrogens with zero attached hydrogens (tertiary/aromatic N) is 1. The summed E-state index contributed by atoms with van der Waals surface area (Å²) < 4.78 is 38.6. The number of hydrogen-bond donors (Lipinski definition) is 1. The summed E-state index contributed by atoms with van der Waals surface area (Å²) in [5.41, 5.74) is 2.63. The van der Waals surface area contributed by atoms with Crippen molar-refractivity contribution in [3.8, 4) is 11.5 Å². The molecular weight excluding hydrogens is 436 g/mol. The van der Waals surface area contributed by atoms with Gasteiger partial charge in [0.2, 0.25) is 10.0 Å². The second-order valence-corrected chi connectivity index (χ2v) is 9.82. The van der Waals surface area contributed by atoms with Gasteiger partial charge in [-0.15, -0.1) is 11.3 Å². The van der Waals surface area contributed by atoms with E-state index in [-0.39, 0.29) is 9.77 Å². The van der Waals surface area contributed by atoms with Gasteiger partial charge in [-0.05, 0) is 41.1 Å². The predicted octanol–water partition coefficient (Wildman–Crippen LogP) is 3.76. The lowest BCUT2D eigenvalue weighted by Gasteiger charge is -2.28. The first-order chi connectivity index (χ1) is 14.9. The lowest BCUT2D eigenvalue weighted by atomic mass is 10.0. The molecule has 1 N–H and O–H groups in total. The van der Waals surface area contributed by atoms with Crippen molar-refractivity contribution in [2.45, 2.75) is 17.9 Å². The Bertz CT molecular complexity index is 1220. The predicted molar refractivity (Wildman–Crippen MR) is 120 cm³/mol. The first kappa shape index (κ1) is 21.4. The number of thiophene rings is 1. The number of amides is 1. The number of ether oxygens (including phenoxy) is 2. The highest BCUT2D eigenvalue weighted by atomic mass is 32.2. The van der Waals surface area contributed by atoms with Crippen molar-refractivity contribution >= 4 is 33.0 Å². The molecule has 1 aromatic heterocycles. The van der Waals surface area contributed by atoms with Crippen LogP contribution in [0.5, 0.6) is 11.5 Å². The van der Waals surface area contributed by atoms with E-state index in [2.05, 4.69) is 5.32 Å². The van der Waals surface area contributed by atoms with Gasteiger partial charge in [0.15, 0.2) is 11.5 Å². The molecule has 0 fully saturated rings. The lowest BCUT2D eigenvalue weighted by molar-refractivity contribution is 0.102. The average Bonchev–Trinajstić information content (AvgIpc) is 3.30. The zero-order chi connectivity index (χ0) is 22.0. The summed E-state index contributed by atoms with van der Waals surface area (Å²) in [6, 6.07) is 14.3. The van der Waals surface area contributed by atoms with Crippen molar-refractivity contribution < 1.29 is 22.7 Å². The maximum absolute atomic E-state index is 13.3. The molecule has 2 heterocycles. The second-order valence-electron chi connectivity index (χ2n) is 7.00. The SMILES string of the molecule is COc1ccc(NC(=O)c2sccc2S(=O)(=O)N2CCc3ccccc3C2)cc1OC. The van der Waals surface area contributed by atoms with E-state index in [1.165, 1.54) is 24.6 Å². The molecule has 1 aliphatic rings. The minimum absolute atomic E-state index is 0.0230. The number of methoxy groups -OCH3 is 2. The van der Waals surface area contributed by atoms with E-state index in [4.69, 9.17) is 9.47 Å². The molecule has 0 saturated heterocycles. The van der Waals surface area contributed by atoms with Crippen LogP contribution in [0.2, 0.25) is 0 Å². The third-order valence-corrected chi connectivity index (χ3v) is 8.12. The summed E-state index contributed by atoms with van der Waals surface area (Å²) in [5, 5.41) is 4.37. The van der Waals surface area contributed by atoms with Crippen molar-refractivity contribution in [3.05, 3.63) is 69.9 Å². The highest BCUT2D eigenvalue weighted by Gasteiger charge is 2.32. The minimum atomic E-state index is -3.81. The van der Waals surface area contributed by atoms with Crippen molar-refractivity contribution in [1.82, 2.24) is 4.31 Å². The molecule has 0 aliphatic carbocycles. The molecule has 1 aliphatic heterocycles. The molecule has 9 heteroatoms. The molecule has 3 aromatic rings. The van der Waals surface area contributed by atoms with Crippen LogP contribution >= 0.6 is 11.3 Å². The molecule has 2 aromatic carbocycles. The molecule has 7 nitrogen and oxygen atoms in total. The zero-order valence-corrected chi connectivity index (χ0v) is 18.8. The summed E-state index contributed by atoms with van der Waals surface area (Å²) in [5.74, 6) is 0.509. The standard InChI is InChI=1S/C22H22N2O5S2/c1-28-18-8-7-17(13-19(18)29-2)23-22(25)21-20(10-12-30-21)31(26,27)24-11-9-15-5-3-4-6-16(15)14-24/h3-8,10,12-13H,9,11,14H2,1-2H3,(H,23,25). The minimum Gasteiger partial charge on any atom is -0.493 e.